The summed E-state index contributed by atoms with van der Waals surface area (Å²) in [5, 5.41) is 0. The van der Waals surface area contributed by atoms with Crippen LogP contribution in [0.5, 0.6) is 0 Å². The molecule has 14 heavy (non-hydrogen) atoms. The van der Waals surface area contributed by atoms with Gasteiger partial charge in [0, 0.05) is 18.4 Å². The molecule has 0 fully saturated rings. The third-order valence-electron chi connectivity index (χ3n) is 2.16. The first-order valence-corrected chi connectivity index (χ1v) is 5.05. The predicted molar refractivity (Wildman–Crippen MR) is 60.0 cm³/mol. The van der Waals surface area contributed by atoms with Gasteiger partial charge in [-0.05, 0) is 29.9 Å². The average Bonchev–Trinajstić information content (AvgIpc) is 2.01. The minimum Gasteiger partial charge on any atom is -0.324 e. The Hall–Kier alpha value is -0.890. The highest BCUT2D eigenvalue weighted by atomic mass is 14.7. The third kappa shape index (κ3) is 3.46. The number of hydrogen-bond acceptors (Lipinski definition) is 2. The van der Waals surface area contributed by atoms with Gasteiger partial charge in [-0.3, -0.25) is 4.98 Å². The lowest BCUT2D eigenvalue weighted by atomic mass is 9.86. The van der Waals surface area contributed by atoms with E-state index >= 15 is 0 Å². The van der Waals surface area contributed by atoms with E-state index in [1.807, 2.05) is 19.3 Å². The Balaban J connectivity index is 2.74. The molecule has 0 saturated heterocycles. The van der Waals surface area contributed by atoms with Gasteiger partial charge in [0.15, 0.2) is 0 Å². The first-order valence-electron chi connectivity index (χ1n) is 5.05. The standard InChI is InChI=1S/C12H20N2/c1-9-5-10(8-14-7-9)11(13)6-12(2,3)4/h5,7-8,11H,6,13H2,1-4H3. The molecule has 1 atom stereocenters. The van der Waals surface area contributed by atoms with Crippen LogP contribution in [0.1, 0.15) is 44.4 Å². The Kier molecular flexibility index (Phi) is 3.27. The summed E-state index contributed by atoms with van der Waals surface area (Å²) in [5.74, 6) is 0. The van der Waals surface area contributed by atoms with E-state index in [-0.39, 0.29) is 11.5 Å². The number of aryl methyl sites for hydroxylation is 1. The van der Waals surface area contributed by atoms with Crippen LogP contribution < -0.4 is 5.73 Å². The summed E-state index contributed by atoms with van der Waals surface area (Å²) >= 11 is 0. The smallest absolute Gasteiger partial charge is 0.0315 e. The van der Waals surface area contributed by atoms with E-state index in [1.165, 1.54) is 5.56 Å². The van der Waals surface area contributed by atoms with Crippen LogP contribution in [0, 0.1) is 12.3 Å². The van der Waals surface area contributed by atoms with Crippen LogP contribution in [0.15, 0.2) is 18.5 Å². The first kappa shape index (κ1) is 11.2. The van der Waals surface area contributed by atoms with Crippen molar-refractivity contribution in [3.63, 3.8) is 0 Å². The molecule has 0 bridgehead atoms. The average molecular weight is 192 g/mol. The van der Waals surface area contributed by atoms with Crippen LogP contribution in [0.3, 0.4) is 0 Å². The van der Waals surface area contributed by atoms with E-state index in [1.54, 1.807) is 0 Å². The first-order chi connectivity index (χ1) is 6.38. The fraction of sp³-hybridized carbons (Fsp3) is 0.583. The van der Waals surface area contributed by atoms with Crippen LogP contribution in [-0.4, -0.2) is 4.98 Å². The van der Waals surface area contributed by atoms with Crippen LogP contribution in [0.25, 0.3) is 0 Å². The van der Waals surface area contributed by atoms with Gasteiger partial charge in [-0.2, -0.15) is 0 Å². The molecule has 2 heteroatoms. The zero-order valence-corrected chi connectivity index (χ0v) is 9.54. The molecule has 1 unspecified atom stereocenters. The molecule has 78 valence electrons. The summed E-state index contributed by atoms with van der Waals surface area (Å²) in [6.45, 7) is 8.66. The van der Waals surface area contributed by atoms with Crippen LogP contribution in [0.2, 0.25) is 0 Å². The van der Waals surface area contributed by atoms with Crippen molar-refractivity contribution >= 4 is 0 Å². The maximum absolute atomic E-state index is 6.11. The Morgan fingerprint density at radius 2 is 2.00 bits per heavy atom. The van der Waals surface area contributed by atoms with Crippen LogP contribution >= 0.6 is 0 Å². The third-order valence-corrected chi connectivity index (χ3v) is 2.16. The van der Waals surface area contributed by atoms with Crippen molar-refractivity contribution in [3.8, 4) is 0 Å². The quantitative estimate of drug-likeness (QED) is 0.782. The Morgan fingerprint density at radius 3 is 2.50 bits per heavy atom. The molecule has 1 aromatic heterocycles. The molecule has 0 amide bonds. The fourth-order valence-corrected chi connectivity index (χ4v) is 1.56. The lowest BCUT2D eigenvalue weighted by molar-refractivity contribution is 0.342. The summed E-state index contributed by atoms with van der Waals surface area (Å²) in [5.41, 5.74) is 8.69. The molecule has 0 aromatic carbocycles. The fourth-order valence-electron chi connectivity index (χ4n) is 1.56. The molecule has 2 N–H and O–H groups in total. The van der Waals surface area contributed by atoms with Crippen LogP contribution in [-0.2, 0) is 0 Å². The molecule has 1 heterocycles. The molecule has 0 saturated carbocycles. The summed E-state index contributed by atoms with van der Waals surface area (Å²) in [6, 6.07) is 2.21. The minimum atomic E-state index is 0.0994. The molecule has 2 nitrogen and oxygen atoms in total. The van der Waals surface area contributed by atoms with Crippen molar-refractivity contribution < 1.29 is 0 Å². The number of rotatable bonds is 2. The summed E-state index contributed by atoms with van der Waals surface area (Å²) < 4.78 is 0. The monoisotopic (exact) mass is 192 g/mol. The lowest BCUT2D eigenvalue weighted by Gasteiger charge is -2.23. The molecular weight excluding hydrogens is 172 g/mol. The van der Waals surface area contributed by atoms with E-state index in [0.29, 0.717) is 0 Å². The molecule has 0 radical (unpaired) electrons. The molecule has 0 aliphatic rings. The maximum Gasteiger partial charge on any atom is 0.0315 e. The van der Waals surface area contributed by atoms with E-state index in [9.17, 15) is 0 Å². The van der Waals surface area contributed by atoms with Crippen molar-refractivity contribution in [2.24, 2.45) is 11.1 Å². The van der Waals surface area contributed by atoms with E-state index < -0.39 is 0 Å². The van der Waals surface area contributed by atoms with E-state index in [4.69, 9.17) is 5.73 Å². The van der Waals surface area contributed by atoms with Gasteiger partial charge >= 0.3 is 0 Å². The highest BCUT2D eigenvalue weighted by Crippen LogP contribution is 2.27. The topological polar surface area (TPSA) is 38.9 Å². The molecular formula is C12H20N2. The van der Waals surface area contributed by atoms with E-state index in [0.717, 1.165) is 12.0 Å². The highest BCUT2D eigenvalue weighted by Gasteiger charge is 2.17. The van der Waals surface area contributed by atoms with Crippen LogP contribution in [0.4, 0.5) is 0 Å². The molecule has 0 aliphatic heterocycles. The van der Waals surface area contributed by atoms with Crippen molar-refractivity contribution in [1.82, 2.24) is 4.98 Å². The SMILES string of the molecule is Cc1cncc(C(N)CC(C)(C)C)c1. The van der Waals surface area contributed by atoms with Gasteiger partial charge in [0.25, 0.3) is 0 Å². The van der Waals surface area contributed by atoms with Gasteiger partial charge < -0.3 is 5.73 Å². The van der Waals surface area contributed by atoms with Gasteiger partial charge in [0.1, 0.15) is 0 Å². The van der Waals surface area contributed by atoms with Gasteiger partial charge in [-0.25, -0.2) is 0 Å². The van der Waals surface area contributed by atoms with Gasteiger partial charge in [-0.1, -0.05) is 26.8 Å². The number of pyridine rings is 1. The maximum atomic E-state index is 6.11. The minimum absolute atomic E-state index is 0.0994. The second kappa shape index (κ2) is 4.09. The normalized spacial score (nSPS) is 14.1. The number of nitrogens with two attached hydrogens (primary N) is 1. The van der Waals surface area contributed by atoms with Gasteiger partial charge in [-0.15, -0.1) is 0 Å². The number of hydrogen-bond donors (Lipinski definition) is 1. The lowest BCUT2D eigenvalue weighted by Crippen LogP contribution is -2.18. The zero-order valence-electron chi connectivity index (χ0n) is 9.54. The molecule has 1 rings (SSSR count). The highest BCUT2D eigenvalue weighted by molar-refractivity contribution is 5.19. The zero-order chi connectivity index (χ0) is 10.8. The largest absolute Gasteiger partial charge is 0.324 e. The Labute approximate surface area is 86.5 Å². The van der Waals surface area contributed by atoms with E-state index in [2.05, 4.69) is 31.8 Å². The molecule has 0 spiro atoms. The van der Waals surface area contributed by atoms with Crippen molar-refractivity contribution in [3.05, 3.63) is 29.6 Å². The number of aromatic nitrogens is 1. The second-order valence-corrected chi connectivity index (χ2v) is 5.17. The van der Waals surface area contributed by atoms with Crippen molar-refractivity contribution in [1.29, 1.82) is 0 Å². The van der Waals surface area contributed by atoms with Gasteiger partial charge in [0.2, 0.25) is 0 Å². The molecule has 0 aliphatic carbocycles. The predicted octanol–water partition coefficient (Wildman–Crippen LogP) is 2.83. The Morgan fingerprint density at radius 1 is 1.36 bits per heavy atom. The summed E-state index contributed by atoms with van der Waals surface area (Å²) in [6.07, 6.45) is 4.70. The van der Waals surface area contributed by atoms with Crippen molar-refractivity contribution in [2.75, 3.05) is 0 Å². The van der Waals surface area contributed by atoms with Gasteiger partial charge in [0.05, 0.1) is 0 Å². The van der Waals surface area contributed by atoms with Crippen molar-refractivity contribution in [2.45, 2.75) is 40.2 Å². The summed E-state index contributed by atoms with van der Waals surface area (Å²) in [4.78, 5) is 4.16. The summed E-state index contributed by atoms with van der Waals surface area (Å²) in [7, 11) is 0. The number of nitrogens with zero attached hydrogens (tertiary/aromatic N) is 1. The Bertz CT molecular complexity index is 299. The second-order valence-electron chi connectivity index (χ2n) is 5.17. The molecule has 1 aromatic rings.